The lowest BCUT2D eigenvalue weighted by atomic mass is 10.1. The Morgan fingerprint density at radius 2 is 1.67 bits per heavy atom. The van der Waals surface area contributed by atoms with Gasteiger partial charge in [0.1, 0.15) is 0 Å². The Kier molecular flexibility index (Phi) is 4.85. The molecule has 0 aliphatic heterocycles. The number of hydrogen-bond donors (Lipinski definition) is 1. The third kappa shape index (κ3) is 4.03. The van der Waals surface area contributed by atoms with Crippen molar-refractivity contribution in [1.82, 2.24) is 0 Å². The van der Waals surface area contributed by atoms with Gasteiger partial charge in [-0.05, 0) is 42.3 Å². The predicted octanol–water partition coefficient (Wildman–Crippen LogP) is 3.89. The molecule has 0 bridgehead atoms. The number of carbonyl (C=O) groups excluding carboxylic acids is 2. The lowest BCUT2D eigenvalue weighted by molar-refractivity contribution is 0.168. The lowest BCUT2D eigenvalue weighted by Crippen LogP contribution is -2.12. The van der Waals surface area contributed by atoms with Crippen LogP contribution in [0.5, 0.6) is 0 Å². The second-order valence-corrected chi connectivity index (χ2v) is 4.17. The van der Waals surface area contributed by atoms with Gasteiger partial charge in [-0.3, -0.25) is 5.32 Å². The molecular formula is C16H14N2O3. The maximum absolute atomic E-state index is 11.3. The van der Waals surface area contributed by atoms with Crippen molar-refractivity contribution in [3.05, 3.63) is 48.5 Å². The maximum atomic E-state index is 11.3. The van der Waals surface area contributed by atoms with Crippen molar-refractivity contribution in [2.45, 2.75) is 6.92 Å². The number of benzene rings is 2. The number of rotatable bonds is 4. The predicted molar refractivity (Wildman–Crippen MR) is 80.3 cm³/mol. The fourth-order valence-corrected chi connectivity index (χ4v) is 1.81. The summed E-state index contributed by atoms with van der Waals surface area (Å²) >= 11 is 0. The smallest absolute Gasteiger partial charge is 0.411 e. The molecule has 1 N–H and O–H groups in total. The topological polar surface area (TPSA) is 67.8 Å². The van der Waals surface area contributed by atoms with Crippen molar-refractivity contribution < 1.29 is 14.3 Å². The van der Waals surface area contributed by atoms with Crippen molar-refractivity contribution in [3.8, 4) is 11.1 Å². The average molecular weight is 282 g/mol. The third-order valence-electron chi connectivity index (χ3n) is 2.78. The Bertz CT molecular complexity index is 657. The summed E-state index contributed by atoms with van der Waals surface area (Å²) in [7, 11) is 0. The van der Waals surface area contributed by atoms with E-state index in [-0.39, 0.29) is 0 Å². The van der Waals surface area contributed by atoms with Gasteiger partial charge in [0.2, 0.25) is 6.08 Å². The highest BCUT2D eigenvalue weighted by Crippen LogP contribution is 2.24. The number of carbonyl (C=O) groups is 1. The first-order valence-corrected chi connectivity index (χ1v) is 6.45. The molecule has 21 heavy (non-hydrogen) atoms. The number of nitrogens with one attached hydrogen (secondary N) is 1. The quantitative estimate of drug-likeness (QED) is 0.683. The van der Waals surface area contributed by atoms with Crippen LogP contribution in [-0.4, -0.2) is 18.8 Å². The molecule has 0 aliphatic carbocycles. The molecule has 0 atom stereocenters. The van der Waals surface area contributed by atoms with E-state index in [1.165, 1.54) is 6.08 Å². The van der Waals surface area contributed by atoms with E-state index in [0.717, 1.165) is 11.1 Å². The molecule has 0 heterocycles. The molecule has 0 saturated carbocycles. The van der Waals surface area contributed by atoms with E-state index in [1.807, 2.05) is 24.3 Å². The zero-order chi connectivity index (χ0) is 15.1. The van der Waals surface area contributed by atoms with Crippen LogP contribution in [0, 0.1) is 0 Å². The summed E-state index contributed by atoms with van der Waals surface area (Å²) in [5.41, 5.74) is 3.21. The van der Waals surface area contributed by atoms with Crippen LogP contribution in [-0.2, 0) is 9.53 Å². The molecule has 2 rings (SSSR count). The Morgan fingerprint density at radius 3 is 2.19 bits per heavy atom. The fraction of sp³-hybridized carbons (Fsp3) is 0.125. The van der Waals surface area contributed by atoms with Crippen molar-refractivity contribution >= 4 is 23.5 Å². The summed E-state index contributed by atoms with van der Waals surface area (Å²) in [6.07, 6.45) is 1.03. The summed E-state index contributed by atoms with van der Waals surface area (Å²) in [5.74, 6) is 0. The van der Waals surface area contributed by atoms with E-state index >= 15 is 0 Å². The number of hydrogen-bond acceptors (Lipinski definition) is 4. The van der Waals surface area contributed by atoms with Crippen LogP contribution in [0.1, 0.15) is 6.92 Å². The van der Waals surface area contributed by atoms with E-state index in [2.05, 4.69) is 10.3 Å². The highest BCUT2D eigenvalue weighted by Gasteiger charge is 2.02. The number of nitrogens with zero attached hydrogens (tertiary/aromatic N) is 1. The zero-order valence-corrected chi connectivity index (χ0v) is 11.5. The molecule has 0 unspecified atom stereocenters. The Hall–Kier alpha value is -2.91. The van der Waals surface area contributed by atoms with Gasteiger partial charge < -0.3 is 4.74 Å². The van der Waals surface area contributed by atoms with E-state index < -0.39 is 6.09 Å². The summed E-state index contributed by atoms with van der Waals surface area (Å²) in [6.45, 7) is 2.08. The van der Waals surface area contributed by atoms with Crippen LogP contribution in [0.2, 0.25) is 0 Å². The van der Waals surface area contributed by atoms with E-state index in [4.69, 9.17) is 4.74 Å². The van der Waals surface area contributed by atoms with Crippen molar-refractivity contribution in [1.29, 1.82) is 0 Å². The van der Waals surface area contributed by atoms with Gasteiger partial charge in [-0.25, -0.2) is 9.59 Å². The fourth-order valence-electron chi connectivity index (χ4n) is 1.81. The molecule has 0 spiro atoms. The van der Waals surface area contributed by atoms with E-state index in [0.29, 0.717) is 18.0 Å². The van der Waals surface area contributed by atoms with Gasteiger partial charge in [0.25, 0.3) is 0 Å². The van der Waals surface area contributed by atoms with E-state index in [9.17, 15) is 9.59 Å². The third-order valence-corrected chi connectivity index (χ3v) is 2.78. The Morgan fingerprint density at radius 1 is 1.10 bits per heavy atom. The second kappa shape index (κ2) is 7.03. The lowest BCUT2D eigenvalue weighted by Gasteiger charge is -2.06. The van der Waals surface area contributed by atoms with Crippen LogP contribution in [0.4, 0.5) is 16.2 Å². The normalized spacial score (nSPS) is 9.57. The summed E-state index contributed by atoms with van der Waals surface area (Å²) in [6, 6.07) is 14.6. The summed E-state index contributed by atoms with van der Waals surface area (Å²) < 4.78 is 4.80. The monoisotopic (exact) mass is 282 g/mol. The largest absolute Gasteiger partial charge is 0.450 e. The van der Waals surface area contributed by atoms with Crippen LogP contribution in [0.25, 0.3) is 11.1 Å². The number of anilines is 1. The molecule has 0 fully saturated rings. The minimum Gasteiger partial charge on any atom is -0.450 e. The van der Waals surface area contributed by atoms with Crippen LogP contribution >= 0.6 is 0 Å². The van der Waals surface area contributed by atoms with E-state index in [1.54, 1.807) is 31.2 Å². The summed E-state index contributed by atoms with van der Waals surface area (Å²) in [4.78, 5) is 25.0. The first-order valence-electron chi connectivity index (χ1n) is 6.45. The van der Waals surface area contributed by atoms with Crippen molar-refractivity contribution in [2.75, 3.05) is 11.9 Å². The van der Waals surface area contributed by atoms with Crippen molar-refractivity contribution in [2.24, 2.45) is 4.99 Å². The molecule has 0 radical (unpaired) electrons. The summed E-state index contributed by atoms with van der Waals surface area (Å²) in [5, 5.41) is 2.63. The molecule has 0 aromatic heterocycles. The number of amides is 1. The minimum atomic E-state index is -0.471. The SMILES string of the molecule is CCOC(=O)Nc1ccc(-c2ccc(N=C=O)cc2)cc1. The molecule has 0 saturated heterocycles. The highest BCUT2D eigenvalue weighted by molar-refractivity contribution is 5.85. The zero-order valence-electron chi connectivity index (χ0n) is 11.5. The first kappa shape index (κ1) is 14.5. The molecule has 5 heteroatoms. The second-order valence-electron chi connectivity index (χ2n) is 4.17. The Labute approximate surface area is 122 Å². The molecule has 2 aromatic rings. The highest BCUT2D eigenvalue weighted by atomic mass is 16.5. The standard InChI is InChI=1S/C16H14N2O3/c1-2-21-16(20)18-15-9-5-13(6-10-15)12-3-7-14(8-4-12)17-11-19/h3-10H,2H2,1H3,(H,18,20). The van der Waals surface area contributed by atoms with Gasteiger partial charge >= 0.3 is 6.09 Å². The van der Waals surface area contributed by atoms with Gasteiger partial charge in [0.05, 0.1) is 12.3 Å². The molecule has 106 valence electrons. The number of aliphatic imine (C=N–C) groups is 1. The average Bonchev–Trinajstić information content (AvgIpc) is 2.49. The number of ether oxygens (including phenoxy) is 1. The van der Waals surface area contributed by atoms with Crippen LogP contribution < -0.4 is 5.32 Å². The van der Waals surface area contributed by atoms with Gasteiger partial charge in [0.15, 0.2) is 0 Å². The molecular weight excluding hydrogens is 268 g/mol. The van der Waals surface area contributed by atoms with Crippen LogP contribution in [0.15, 0.2) is 53.5 Å². The minimum absolute atomic E-state index is 0.333. The molecule has 0 aliphatic rings. The van der Waals surface area contributed by atoms with Crippen LogP contribution in [0.3, 0.4) is 0 Å². The number of isocyanates is 1. The molecule has 2 aromatic carbocycles. The Balaban J connectivity index is 2.11. The first-order chi connectivity index (χ1) is 10.2. The van der Waals surface area contributed by atoms with Gasteiger partial charge in [-0.2, -0.15) is 4.99 Å². The maximum Gasteiger partial charge on any atom is 0.411 e. The van der Waals surface area contributed by atoms with Gasteiger partial charge in [-0.1, -0.05) is 24.3 Å². The van der Waals surface area contributed by atoms with Crippen molar-refractivity contribution in [3.63, 3.8) is 0 Å². The molecule has 5 nitrogen and oxygen atoms in total. The van der Waals surface area contributed by atoms with Gasteiger partial charge in [-0.15, -0.1) is 0 Å². The molecule has 1 amide bonds. The van der Waals surface area contributed by atoms with Gasteiger partial charge in [0, 0.05) is 5.69 Å².